The molecule has 28 heavy (non-hydrogen) atoms. The van der Waals surface area contributed by atoms with Crippen molar-refractivity contribution in [3.05, 3.63) is 23.8 Å². The smallest absolute Gasteiger partial charge is 0.437 e. The molecule has 0 radical (unpaired) electrons. The number of rotatable bonds is 6. The van der Waals surface area contributed by atoms with Gasteiger partial charge in [0.15, 0.2) is 16.6 Å². The molecule has 0 aliphatic carbocycles. The zero-order chi connectivity index (χ0) is 21.1. The molecule has 1 aromatic rings. The molecular weight excluding hydrogens is 401 g/mol. The van der Waals surface area contributed by atoms with Gasteiger partial charge in [-0.1, -0.05) is 6.07 Å². The quantitative estimate of drug-likeness (QED) is 0.474. The summed E-state index contributed by atoms with van der Waals surface area (Å²) in [6, 6.07) is 3.05. The molecule has 3 atom stereocenters. The number of alkyl halides is 3. The van der Waals surface area contributed by atoms with E-state index in [2.05, 4.69) is 5.32 Å². The molecule has 0 saturated carbocycles. The highest BCUT2D eigenvalue weighted by Gasteiger charge is 2.66. The molecule has 0 aromatic heterocycles. The summed E-state index contributed by atoms with van der Waals surface area (Å²) in [5.41, 5.74) is -3.39. The molecule has 1 fully saturated rings. The van der Waals surface area contributed by atoms with Crippen LogP contribution in [-0.2, 0) is 9.53 Å². The maximum Gasteiger partial charge on any atom is 0.437 e. The summed E-state index contributed by atoms with van der Waals surface area (Å²) in [5, 5.41) is 14.3. The van der Waals surface area contributed by atoms with Crippen LogP contribution in [0.1, 0.15) is 25.5 Å². The van der Waals surface area contributed by atoms with Gasteiger partial charge in [-0.15, -0.1) is 0 Å². The molecule has 0 unspecified atom stereocenters. The minimum atomic E-state index is -5.20. The van der Waals surface area contributed by atoms with Crippen molar-refractivity contribution in [3.63, 3.8) is 0 Å². The van der Waals surface area contributed by atoms with E-state index in [9.17, 15) is 23.1 Å². The van der Waals surface area contributed by atoms with E-state index >= 15 is 0 Å². The Bertz CT molecular complexity index is 746. The molecular formula is C17H21F3N2O5S. The molecule has 0 bridgehead atoms. The lowest BCUT2D eigenvalue weighted by Gasteiger charge is -2.45. The van der Waals surface area contributed by atoms with Crippen LogP contribution in [0, 0.1) is 5.92 Å². The number of hydrogen-bond donors (Lipinski definition) is 3. The SMILES string of the molecule is CCOC(=O)[C@H]1[C@@H](c2ccc(OCC)c(OC)c2)NC(=S)N[C@@]1(O)C(F)(F)F. The summed E-state index contributed by atoms with van der Waals surface area (Å²) >= 11 is 4.84. The third kappa shape index (κ3) is 4.09. The predicted octanol–water partition coefficient (Wildman–Crippen LogP) is 2.04. The molecule has 0 amide bonds. The van der Waals surface area contributed by atoms with Crippen molar-refractivity contribution in [2.45, 2.75) is 31.8 Å². The Kier molecular flexibility index (Phi) is 6.60. The van der Waals surface area contributed by atoms with Crippen molar-refractivity contribution in [2.24, 2.45) is 5.92 Å². The number of hydrogen-bond acceptors (Lipinski definition) is 6. The van der Waals surface area contributed by atoms with Crippen molar-refractivity contribution in [1.29, 1.82) is 0 Å². The Labute approximate surface area is 165 Å². The van der Waals surface area contributed by atoms with Crippen molar-refractivity contribution >= 4 is 23.3 Å². The van der Waals surface area contributed by atoms with E-state index in [-0.39, 0.29) is 17.9 Å². The van der Waals surface area contributed by atoms with Crippen LogP contribution in [0.25, 0.3) is 0 Å². The first kappa shape index (κ1) is 22.0. The van der Waals surface area contributed by atoms with E-state index in [1.54, 1.807) is 12.2 Å². The summed E-state index contributed by atoms with van der Waals surface area (Å²) in [5.74, 6) is -2.67. The number of methoxy groups -OCH3 is 1. The van der Waals surface area contributed by atoms with Crippen molar-refractivity contribution in [2.75, 3.05) is 20.3 Å². The highest BCUT2D eigenvalue weighted by atomic mass is 32.1. The van der Waals surface area contributed by atoms with Gasteiger partial charge in [-0.05, 0) is 43.8 Å². The van der Waals surface area contributed by atoms with Crippen LogP contribution in [0.4, 0.5) is 13.2 Å². The van der Waals surface area contributed by atoms with E-state index in [0.717, 1.165) is 0 Å². The largest absolute Gasteiger partial charge is 0.493 e. The first-order valence-electron chi connectivity index (χ1n) is 8.44. The molecule has 2 rings (SSSR count). The molecule has 1 aromatic carbocycles. The standard InChI is InChI=1S/C17H21F3N2O5S/c1-4-26-10-7-6-9(8-11(10)25-3)13-12(14(23)27-5-2)16(24,17(18,19)20)22-15(28)21-13/h6-8,12-13,24H,4-5H2,1-3H3,(H2,21,22,28)/t12-,13-,16+/m1/s1. The van der Waals surface area contributed by atoms with Gasteiger partial charge >= 0.3 is 12.1 Å². The zero-order valence-electron chi connectivity index (χ0n) is 15.4. The Morgan fingerprint density at radius 2 is 1.96 bits per heavy atom. The van der Waals surface area contributed by atoms with Gasteiger partial charge in [0.2, 0.25) is 0 Å². The van der Waals surface area contributed by atoms with E-state index in [1.807, 2.05) is 0 Å². The first-order valence-corrected chi connectivity index (χ1v) is 8.85. The average molecular weight is 422 g/mol. The van der Waals surface area contributed by atoms with Crippen LogP contribution in [-0.4, -0.2) is 48.4 Å². The normalized spacial score (nSPS) is 24.8. The maximum absolute atomic E-state index is 13.7. The van der Waals surface area contributed by atoms with E-state index in [4.69, 9.17) is 26.4 Å². The van der Waals surface area contributed by atoms with Gasteiger partial charge < -0.3 is 30.0 Å². The molecule has 7 nitrogen and oxygen atoms in total. The second-order valence-corrected chi connectivity index (χ2v) is 6.32. The lowest BCUT2D eigenvalue weighted by Crippen LogP contribution is -2.73. The van der Waals surface area contributed by atoms with E-state index < -0.39 is 34.9 Å². The van der Waals surface area contributed by atoms with E-state index in [0.29, 0.717) is 12.4 Å². The Morgan fingerprint density at radius 3 is 2.50 bits per heavy atom. The van der Waals surface area contributed by atoms with Crippen LogP contribution in [0.2, 0.25) is 0 Å². The topological polar surface area (TPSA) is 89.1 Å². The average Bonchev–Trinajstić information content (AvgIpc) is 2.60. The number of benzene rings is 1. The summed E-state index contributed by atoms with van der Waals surface area (Å²) in [6.45, 7) is 3.41. The lowest BCUT2D eigenvalue weighted by molar-refractivity contribution is -0.292. The Balaban J connectivity index is 2.58. The number of nitrogens with one attached hydrogen (secondary N) is 2. The fourth-order valence-electron chi connectivity index (χ4n) is 2.97. The minimum Gasteiger partial charge on any atom is -0.493 e. The summed E-state index contributed by atoms with van der Waals surface area (Å²) in [4.78, 5) is 12.4. The van der Waals surface area contributed by atoms with Gasteiger partial charge in [0.1, 0.15) is 5.92 Å². The molecule has 3 N–H and O–H groups in total. The lowest BCUT2D eigenvalue weighted by atomic mass is 9.82. The second-order valence-electron chi connectivity index (χ2n) is 5.91. The number of halogens is 3. The van der Waals surface area contributed by atoms with Crippen LogP contribution in [0.15, 0.2) is 18.2 Å². The van der Waals surface area contributed by atoms with Crippen LogP contribution < -0.4 is 20.1 Å². The van der Waals surface area contributed by atoms with Gasteiger partial charge in [-0.2, -0.15) is 13.2 Å². The Hall–Kier alpha value is -2.27. The molecule has 11 heteroatoms. The molecule has 1 aliphatic rings. The second kappa shape index (κ2) is 8.39. The molecule has 1 heterocycles. The van der Waals surface area contributed by atoms with Gasteiger partial charge in [-0.25, -0.2) is 0 Å². The van der Waals surface area contributed by atoms with Gasteiger partial charge in [0, 0.05) is 0 Å². The number of carbonyl (C=O) groups is 1. The molecule has 156 valence electrons. The van der Waals surface area contributed by atoms with Crippen LogP contribution >= 0.6 is 12.2 Å². The van der Waals surface area contributed by atoms with Gasteiger partial charge in [-0.3, -0.25) is 4.79 Å². The third-order valence-electron chi connectivity index (χ3n) is 4.19. The number of carbonyl (C=O) groups excluding carboxylic acids is 1. The van der Waals surface area contributed by atoms with Crippen molar-refractivity contribution in [3.8, 4) is 11.5 Å². The van der Waals surface area contributed by atoms with Gasteiger partial charge in [0.25, 0.3) is 5.72 Å². The molecule has 1 aliphatic heterocycles. The van der Waals surface area contributed by atoms with E-state index in [1.165, 1.54) is 32.2 Å². The molecule has 0 spiro atoms. The highest BCUT2D eigenvalue weighted by Crippen LogP contribution is 2.44. The zero-order valence-corrected chi connectivity index (χ0v) is 16.2. The van der Waals surface area contributed by atoms with Crippen LogP contribution in [0.5, 0.6) is 11.5 Å². The first-order chi connectivity index (χ1) is 13.1. The summed E-state index contributed by atoms with van der Waals surface area (Å²) in [6.07, 6.45) is -5.20. The van der Waals surface area contributed by atoms with Crippen molar-refractivity contribution in [1.82, 2.24) is 10.6 Å². The third-order valence-corrected chi connectivity index (χ3v) is 4.41. The van der Waals surface area contributed by atoms with Crippen molar-refractivity contribution < 1.29 is 37.3 Å². The highest BCUT2D eigenvalue weighted by molar-refractivity contribution is 7.80. The number of thiocarbonyl (C=S) groups is 1. The summed E-state index contributed by atoms with van der Waals surface area (Å²) in [7, 11) is 1.37. The molecule has 1 saturated heterocycles. The minimum absolute atomic E-state index is 0.160. The maximum atomic E-state index is 13.7. The fraction of sp³-hybridized carbons (Fsp3) is 0.529. The monoisotopic (exact) mass is 422 g/mol. The van der Waals surface area contributed by atoms with Crippen LogP contribution in [0.3, 0.4) is 0 Å². The number of ether oxygens (including phenoxy) is 3. The summed E-state index contributed by atoms with van der Waals surface area (Å²) < 4.78 is 56.5. The predicted molar refractivity (Wildman–Crippen MR) is 96.9 cm³/mol. The van der Waals surface area contributed by atoms with Gasteiger partial charge in [0.05, 0.1) is 26.4 Å². The number of esters is 1. The fourth-order valence-corrected chi connectivity index (χ4v) is 3.25. The number of aliphatic hydroxyl groups is 1. The Morgan fingerprint density at radius 1 is 1.29 bits per heavy atom.